The van der Waals surface area contributed by atoms with Gasteiger partial charge in [0.15, 0.2) is 0 Å². The Kier molecular flexibility index (Phi) is 6.48. The lowest BCUT2D eigenvalue weighted by molar-refractivity contribution is 0.0256. The van der Waals surface area contributed by atoms with Crippen LogP contribution in [0.4, 0.5) is 0 Å². The van der Waals surface area contributed by atoms with Crippen molar-refractivity contribution in [2.75, 3.05) is 26.8 Å². The number of nitrogens with zero attached hydrogens (tertiary/aromatic N) is 2. The van der Waals surface area contributed by atoms with Gasteiger partial charge in [0, 0.05) is 30.5 Å². The van der Waals surface area contributed by atoms with E-state index in [0.29, 0.717) is 0 Å². The van der Waals surface area contributed by atoms with E-state index < -0.39 is 0 Å². The Bertz CT molecular complexity index is 633. The van der Waals surface area contributed by atoms with Crippen molar-refractivity contribution in [3.8, 4) is 17.0 Å². The van der Waals surface area contributed by atoms with Gasteiger partial charge in [-0.1, -0.05) is 13.3 Å². The lowest BCUT2D eigenvalue weighted by Crippen LogP contribution is -2.25. The summed E-state index contributed by atoms with van der Waals surface area (Å²) in [5, 5.41) is 7.40. The summed E-state index contributed by atoms with van der Waals surface area (Å²) in [5.74, 6) is 0.928. The van der Waals surface area contributed by atoms with Gasteiger partial charge in [0.25, 0.3) is 0 Å². The maximum atomic E-state index is 6.05. The zero-order valence-electron chi connectivity index (χ0n) is 15.3. The zero-order chi connectivity index (χ0) is 17.5. The number of aromatic nitrogens is 2. The number of rotatable bonds is 8. The first-order valence-electron chi connectivity index (χ1n) is 9.32. The summed E-state index contributed by atoms with van der Waals surface area (Å²) in [7, 11) is 2.16. The second-order valence-corrected chi connectivity index (χ2v) is 6.82. The van der Waals surface area contributed by atoms with Gasteiger partial charge in [-0.05, 0) is 44.3 Å². The highest BCUT2D eigenvalue weighted by molar-refractivity contribution is 5.63. The monoisotopic (exact) mass is 343 g/mol. The van der Waals surface area contributed by atoms with Crippen LogP contribution in [0.1, 0.15) is 38.2 Å². The zero-order valence-corrected chi connectivity index (χ0v) is 15.3. The van der Waals surface area contributed by atoms with Crippen LogP contribution >= 0.6 is 0 Å². The maximum Gasteiger partial charge on any atom is 0.119 e. The molecule has 1 aliphatic heterocycles. The van der Waals surface area contributed by atoms with Gasteiger partial charge in [-0.3, -0.25) is 5.10 Å². The molecule has 0 amide bonds. The minimum atomic E-state index is 0.273. The Hall–Kier alpha value is -1.85. The molecule has 5 nitrogen and oxygen atoms in total. The van der Waals surface area contributed by atoms with Crippen molar-refractivity contribution in [2.45, 2.75) is 45.3 Å². The number of hydrogen-bond acceptors (Lipinski definition) is 4. The van der Waals surface area contributed by atoms with Crippen molar-refractivity contribution in [1.82, 2.24) is 15.1 Å². The van der Waals surface area contributed by atoms with Crippen molar-refractivity contribution in [1.29, 1.82) is 0 Å². The van der Waals surface area contributed by atoms with Gasteiger partial charge < -0.3 is 14.4 Å². The molecular formula is C20H29N3O2. The Morgan fingerprint density at radius 1 is 1.24 bits per heavy atom. The molecule has 0 unspecified atom stereocenters. The van der Waals surface area contributed by atoms with Crippen LogP contribution in [0, 0.1) is 0 Å². The number of unbranched alkanes of at least 4 members (excludes halogenated alkanes) is 1. The molecule has 2 heterocycles. The second-order valence-electron chi connectivity index (χ2n) is 6.82. The van der Waals surface area contributed by atoms with Crippen LogP contribution in [0.25, 0.3) is 11.3 Å². The van der Waals surface area contributed by atoms with Gasteiger partial charge in [-0.25, -0.2) is 0 Å². The molecule has 1 N–H and O–H groups in total. The van der Waals surface area contributed by atoms with Crippen molar-refractivity contribution in [3.63, 3.8) is 0 Å². The van der Waals surface area contributed by atoms with E-state index in [2.05, 4.69) is 53.3 Å². The van der Waals surface area contributed by atoms with Crippen LogP contribution in [0.15, 0.2) is 30.5 Å². The molecule has 1 aromatic heterocycles. The summed E-state index contributed by atoms with van der Waals surface area (Å²) in [4.78, 5) is 2.35. The molecule has 25 heavy (non-hydrogen) atoms. The minimum absolute atomic E-state index is 0.273. The number of nitrogens with one attached hydrogen (secondary N) is 1. The molecule has 3 rings (SSSR count). The highest BCUT2D eigenvalue weighted by atomic mass is 16.5. The standard InChI is InChI=1S/C20H29N3O2/c1-3-4-11-23(2)15-17-14-21-22-20(17)16-5-7-18(8-6-16)25-19-9-12-24-13-10-19/h5-8,14,19H,3-4,9-13,15H2,1-2H3,(H,21,22). The summed E-state index contributed by atoms with van der Waals surface area (Å²) in [6.07, 6.45) is 6.59. The van der Waals surface area contributed by atoms with Crippen LogP contribution in [-0.2, 0) is 11.3 Å². The lowest BCUT2D eigenvalue weighted by atomic mass is 10.1. The van der Waals surface area contributed by atoms with E-state index in [4.69, 9.17) is 9.47 Å². The molecule has 0 bridgehead atoms. The molecule has 1 fully saturated rings. The van der Waals surface area contributed by atoms with Gasteiger partial charge in [0.1, 0.15) is 11.9 Å². The third-order valence-electron chi connectivity index (χ3n) is 4.67. The van der Waals surface area contributed by atoms with Gasteiger partial charge in [-0.15, -0.1) is 0 Å². The van der Waals surface area contributed by atoms with Crippen molar-refractivity contribution in [2.24, 2.45) is 0 Å². The average Bonchev–Trinajstić information content (AvgIpc) is 3.09. The Labute approximate surface area is 150 Å². The van der Waals surface area contributed by atoms with Gasteiger partial charge >= 0.3 is 0 Å². The summed E-state index contributed by atoms with van der Waals surface area (Å²) in [6, 6.07) is 8.32. The number of ether oxygens (including phenoxy) is 2. The molecule has 0 radical (unpaired) electrons. The predicted octanol–water partition coefficient (Wildman–Crippen LogP) is 3.87. The van der Waals surface area contributed by atoms with Gasteiger partial charge in [-0.2, -0.15) is 5.10 Å². The molecule has 5 heteroatoms. The lowest BCUT2D eigenvalue weighted by Gasteiger charge is -2.23. The normalized spacial score (nSPS) is 15.6. The number of hydrogen-bond donors (Lipinski definition) is 1. The number of aromatic amines is 1. The van der Waals surface area contributed by atoms with Crippen LogP contribution in [-0.4, -0.2) is 48.0 Å². The highest BCUT2D eigenvalue weighted by Gasteiger charge is 2.15. The Morgan fingerprint density at radius 2 is 2.00 bits per heavy atom. The van der Waals surface area contributed by atoms with E-state index in [0.717, 1.165) is 56.2 Å². The number of H-pyrrole nitrogens is 1. The number of benzene rings is 1. The predicted molar refractivity (Wildman–Crippen MR) is 99.7 cm³/mol. The SMILES string of the molecule is CCCCN(C)Cc1cn[nH]c1-c1ccc(OC2CCOCC2)cc1. The summed E-state index contributed by atoms with van der Waals surface area (Å²) >= 11 is 0. The molecule has 0 spiro atoms. The topological polar surface area (TPSA) is 50.4 Å². The third-order valence-corrected chi connectivity index (χ3v) is 4.67. The fraction of sp³-hybridized carbons (Fsp3) is 0.550. The van der Waals surface area contributed by atoms with E-state index in [1.54, 1.807) is 0 Å². The summed E-state index contributed by atoms with van der Waals surface area (Å²) < 4.78 is 11.4. The molecule has 2 aromatic rings. The first kappa shape index (κ1) is 18.0. The Morgan fingerprint density at radius 3 is 2.72 bits per heavy atom. The van der Waals surface area contributed by atoms with Crippen molar-refractivity contribution >= 4 is 0 Å². The molecule has 1 aliphatic rings. The van der Waals surface area contributed by atoms with Crippen LogP contribution < -0.4 is 4.74 Å². The summed E-state index contributed by atoms with van der Waals surface area (Å²) in [6.45, 7) is 5.84. The first-order chi connectivity index (χ1) is 12.3. The van der Waals surface area contributed by atoms with Crippen LogP contribution in [0.2, 0.25) is 0 Å². The third kappa shape index (κ3) is 5.06. The largest absolute Gasteiger partial charge is 0.490 e. The van der Waals surface area contributed by atoms with Crippen LogP contribution in [0.3, 0.4) is 0 Å². The molecule has 1 aromatic carbocycles. The second kappa shape index (κ2) is 9.02. The fourth-order valence-electron chi connectivity index (χ4n) is 3.17. The average molecular weight is 343 g/mol. The fourth-order valence-corrected chi connectivity index (χ4v) is 3.17. The molecule has 136 valence electrons. The van der Waals surface area contributed by atoms with E-state index in [1.807, 2.05) is 6.20 Å². The van der Waals surface area contributed by atoms with Gasteiger partial charge in [0.2, 0.25) is 0 Å². The van der Waals surface area contributed by atoms with Crippen molar-refractivity contribution < 1.29 is 9.47 Å². The van der Waals surface area contributed by atoms with Crippen LogP contribution in [0.5, 0.6) is 5.75 Å². The molecule has 0 aliphatic carbocycles. The molecular weight excluding hydrogens is 314 g/mol. The van der Waals surface area contributed by atoms with E-state index in [-0.39, 0.29) is 6.10 Å². The molecule has 0 atom stereocenters. The Balaban J connectivity index is 1.63. The highest BCUT2D eigenvalue weighted by Crippen LogP contribution is 2.26. The first-order valence-corrected chi connectivity index (χ1v) is 9.32. The smallest absolute Gasteiger partial charge is 0.119 e. The molecule has 0 saturated carbocycles. The van der Waals surface area contributed by atoms with E-state index in [9.17, 15) is 0 Å². The van der Waals surface area contributed by atoms with Crippen molar-refractivity contribution in [3.05, 3.63) is 36.0 Å². The quantitative estimate of drug-likeness (QED) is 0.790. The van der Waals surface area contributed by atoms with Gasteiger partial charge in [0.05, 0.1) is 25.1 Å². The van der Waals surface area contributed by atoms with E-state index >= 15 is 0 Å². The van der Waals surface area contributed by atoms with E-state index in [1.165, 1.54) is 18.4 Å². The minimum Gasteiger partial charge on any atom is -0.490 e. The molecule has 1 saturated heterocycles. The maximum absolute atomic E-state index is 6.05. The summed E-state index contributed by atoms with van der Waals surface area (Å²) in [5.41, 5.74) is 3.48.